The van der Waals surface area contributed by atoms with Crippen molar-refractivity contribution in [1.29, 1.82) is 0 Å². The van der Waals surface area contributed by atoms with E-state index in [2.05, 4.69) is 44.8 Å². The van der Waals surface area contributed by atoms with Crippen LogP contribution in [0.25, 0.3) is 0 Å². The Hall–Kier alpha value is 3.44. The van der Waals surface area contributed by atoms with Gasteiger partial charge in [-0.3, -0.25) is 0 Å². The Morgan fingerprint density at radius 2 is 0.800 bits per heavy atom. The molecule has 9 heteroatoms. The molecule has 0 aliphatic carbocycles. The SMILES string of the molecule is C[P+](C)(C)N[P+](C)(C)C.Cl[I-]Cl.Cl[I-]Cl. The van der Waals surface area contributed by atoms with Crippen LogP contribution in [0.1, 0.15) is 0 Å². The first kappa shape index (κ1) is 23.5. The van der Waals surface area contributed by atoms with Crippen molar-refractivity contribution in [2.45, 2.75) is 0 Å². The van der Waals surface area contributed by atoms with Gasteiger partial charge in [0.05, 0.1) is 40.0 Å². The molecule has 0 atom stereocenters. The Kier molecular flexibility index (Phi) is 21.7. The second-order valence-electron chi connectivity index (χ2n) is 4.23. The molecule has 1 nitrogen and oxygen atoms in total. The summed E-state index contributed by atoms with van der Waals surface area (Å²) >= 11 is -0.931. The Morgan fingerprint density at radius 3 is 0.800 bits per heavy atom. The average Bonchev–Trinajstić information content (AvgIpc) is 1.80. The standard InChI is InChI=1S/C6H19NP2.2Cl2I/c1-8(2,3)7-9(4,5)6;2*1-3-2/h7H,1-6H3;;/q+2;2*-1. The molecule has 0 aromatic carbocycles. The van der Waals surface area contributed by atoms with Gasteiger partial charge in [-0.1, -0.05) is 4.86 Å². The van der Waals surface area contributed by atoms with Crippen molar-refractivity contribution in [1.82, 2.24) is 4.86 Å². The number of halogens is 6. The van der Waals surface area contributed by atoms with Gasteiger partial charge in [-0.25, -0.2) is 0 Å². The van der Waals surface area contributed by atoms with Gasteiger partial charge in [-0.2, -0.15) is 0 Å². The maximum atomic E-state index is 4.87. The molecule has 0 fully saturated rings. The van der Waals surface area contributed by atoms with Gasteiger partial charge in [0.15, 0.2) is 0 Å². The molecule has 0 saturated heterocycles. The fraction of sp³-hybridized carbons (Fsp3) is 1.00. The minimum atomic E-state index is -0.738. The van der Waals surface area contributed by atoms with E-state index < -0.39 is 52.7 Å². The Labute approximate surface area is 131 Å². The quantitative estimate of drug-likeness (QED) is 0.336. The fourth-order valence-electron chi connectivity index (χ4n) is 0.900. The van der Waals surface area contributed by atoms with Crippen molar-refractivity contribution in [2.75, 3.05) is 40.0 Å². The predicted octanol–water partition coefficient (Wildman–Crippen LogP) is -1.01. The Bertz CT molecular complexity index is 115. The van der Waals surface area contributed by atoms with Crippen LogP contribution in [0.2, 0.25) is 0 Å². The van der Waals surface area contributed by atoms with E-state index in [1.165, 1.54) is 0 Å². The van der Waals surface area contributed by atoms with Gasteiger partial charge in [0, 0.05) is 0 Å². The summed E-state index contributed by atoms with van der Waals surface area (Å²) in [6.07, 6.45) is 0. The van der Waals surface area contributed by atoms with Crippen LogP contribution in [0.4, 0.5) is 0 Å². The molecule has 0 rings (SSSR count). The zero-order chi connectivity index (χ0) is 13.1. The molecule has 0 bridgehead atoms. The van der Waals surface area contributed by atoms with Gasteiger partial charge in [0.25, 0.3) is 0 Å². The second-order valence-corrected chi connectivity index (χ2v) is 19.5. The van der Waals surface area contributed by atoms with Crippen LogP contribution < -0.4 is 42.8 Å². The summed E-state index contributed by atoms with van der Waals surface area (Å²) in [7, 11) is 18.0. The van der Waals surface area contributed by atoms with Crippen LogP contribution in [0, 0.1) is 0 Å². The van der Waals surface area contributed by atoms with Crippen molar-refractivity contribution < 1.29 is 37.9 Å². The van der Waals surface area contributed by atoms with Crippen molar-refractivity contribution in [2.24, 2.45) is 0 Å². The molecule has 100 valence electrons. The zero-order valence-electron chi connectivity index (χ0n) is 9.66. The topological polar surface area (TPSA) is 12.0 Å². The number of rotatable bonds is 2. The van der Waals surface area contributed by atoms with Crippen LogP contribution in [0.15, 0.2) is 0 Å². The summed E-state index contributed by atoms with van der Waals surface area (Å²) in [6.45, 7) is 13.9. The summed E-state index contributed by atoms with van der Waals surface area (Å²) in [5.41, 5.74) is 0. The Balaban J connectivity index is -0.000000200. The third-order valence-electron chi connectivity index (χ3n) is 0.600. The van der Waals surface area contributed by atoms with E-state index in [1.807, 2.05) is 0 Å². The van der Waals surface area contributed by atoms with Gasteiger partial charge in [-0.05, 0) is 0 Å². The maximum absolute atomic E-state index is 4.87. The molecule has 15 heavy (non-hydrogen) atoms. The van der Waals surface area contributed by atoms with Crippen LogP contribution in [-0.2, 0) is 0 Å². The summed E-state index contributed by atoms with van der Waals surface area (Å²) in [4.78, 5) is 3.68. The van der Waals surface area contributed by atoms with Gasteiger partial charge in [-0.15, -0.1) is 0 Å². The molecular formula is C6H19Cl4I2NP2. The fourth-order valence-corrected chi connectivity index (χ4v) is 8.10. The molecule has 0 aromatic heterocycles. The number of hydrogen-bond acceptors (Lipinski definition) is 1. The predicted molar refractivity (Wildman–Crippen MR) is 75.9 cm³/mol. The third-order valence-corrected chi connectivity index (χ3v) is 5.40. The molecule has 0 aromatic rings. The van der Waals surface area contributed by atoms with E-state index in [0.717, 1.165) is 0 Å². The summed E-state index contributed by atoms with van der Waals surface area (Å²) in [5.74, 6) is 0. The van der Waals surface area contributed by atoms with Crippen LogP contribution in [0.3, 0.4) is 0 Å². The average molecular weight is 563 g/mol. The molecule has 0 heterocycles. The monoisotopic (exact) mass is 561 g/mol. The van der Waals surface area contributed by atoms with Crippen molar-refractivity contribution in [3.63, 3.8) is 0 Å². The summed E-state index contributed by atoms with van der Waals surface area (Å²) in [6, 6.07) is 0. The van der Waals surface area contributed by atoms with Crippen molar-refractivity contribution >= 4 is 50.5 Å². The number of nitrogens with one attached hydrogen (secondary N) is 1. The normalized spacial score (nSPS) is 11.3. The van der Waals surface area contributed by atoms with E-state index in [9.17, 15) is 0 Å². The Morgan fingerprint density at radius 1 is 0.667 bits per heavy atom. The zero-order valence-corrected chi connectivity index (χ0v) is 18.8. The van der Waals surface area contributed by atoms with Gasteiger partial charge in [0.2, 0.25) is 0 Å². The van der Waals surface area contributed by atoms with Gasteiger partial charge in [0.1, 0.15) is 14.8 Å². The molecule has 0 spiro atoms. The van der Waals surface area contributed by atoms with Gasteiger partial charge >= 0.3 is 73.5 Å². The van der Waals surface area contributed by atoms with E-state index in [4.69, 9.17) is 35.6 Å². The molecule has 0 amide bonds. The van der Waals surface area contributed by atoms with Crippen LogP contribution in [-0.4, -0.2) is 40.0 Å². The van der Waals surface area contributed by atoms with E-state index >= 15 is 0 Å². The molecule has 0 aliphatic heterocycles. The molecule has 1 N–H and O–H groups in total. The molecular weight excluding hydrogens is 544 g/mol. The summed E-state index contributed by atoms with van der Waals surface area (Å²) in [5, 5.41) is 0. The first-order valence-electron chi connectivity index (χ1n) is 3.70. The van der Waals surface area contributed by atoms with E-state index in [1.54, 1.807) is 0 Å². The first-order valence-corrected chi connectivity index (χ1v) is 20.9. The third kappa shape index (κ3) is 46.7. The number of hydrogen-bond donors (Lipinski definition) is 1. The van der Waals surface area contributed by atoms with E-state index in [-0.39, 0.29) is 0 Å². The summed E-state index contributed by atoms with van der Waals surface area (Å²) < 4.78 is 0. The molecule has 0 saturated carbocycles. The van der Waals surface area contributed by atoms with Crippen LogP contribution >= 0.6 is 50.5 Å². The second kappa shape index (κ2) is 13.9. The first-order chi connectivity index (χ1) is 6.54. The van der Waals surface area contributed by atoms with Crippen molar-refractivity contribution in [3.05, 3.63) is 0 Å². The van der Waals surface area contributed by atoms with Crippen molar-refractivity contribution in [3.8, 4) is 0 Å². The molecule has 0 aliphatic rings. The minimum absolute atomic E-state index is 0.466. The molecule has 0 radical (unpaired) electrons. The van der Waals surface area contributed by atoms with Gasteiger partial charge < -0.3 is 0 Å². The molecule has 0 unspecified atom stereocenters. The van der Waals surface area contributed by atoms with E-state index in [0.29, 0.717) is 0 Å². The van der Waals surface area contributed by atoms with Crippen LogP contribution in [0.5, 0.6) is 0 Å².